The maximum Gasteiger partial charge on any atom is 0.258 e. The van der Waals surface area contributed by atoms with E-state index in [1.807, 2.05) is 48.5 Å². The number of aromatic hydroxyl groups is 1. The fourth-order valence-electron chi connectivity index (χ4n) is 3.20. The number of hydrogen-bond acceptors (Lipinski definition) is 4. The van der Waals surface area contributed by atoms with Gasteiger partial charge < -0.3 is 19.6 Å². The lowest BCUT2D eigenvalue weighted by Gasteiger charge is -2.20. The van der Waals surface area contributed by atoms with Gasteiger partial charge in [-0.2, -0.15) is 0 Å². The lowest BCUT2D eigenvalue weighted by atomic mass is 9.96. The van der Waals surface area contributed by atoms with Crippen LogP contribution in [0.15, 0.2) is 89.5 Å². The molecule has 0 saturated heterocycles. The number of phenolic OH excluding ortho intramolecular Hbond substituents is 1. The number of nitrogens with one attached hydrogen (secondary N) is 1. The Morgan fingerprint density at radius 1 is 0.964 bits per heavy atom. The van der Waals surface area contributed by atoms with Crippen LogP contribution < -0.4 is 10.1 Å². The van der Waals surface area contributed by atoms with Gasteiger partial charge in [0.1, 0.15) is 23.3 Å². The summed E-state index contributed by atoms with van der Waals surface area (Å²) in [5, 5.41) is 15.3. The Morgan fingerprint density at radius 3 is 2.54 bits per heavy atom. The molecule has 0 saturated carbocycles. The molecule has 4 aromatic rings. The molecule has 0 radical (unpaired) electrons. The summed E-state index contributed by atoms with van der Waals surface area (Å²) >= 11 is 0. The quantitative estimate of drug-likeness (QED) is 0.525. The third kappa shape index (κ3) is 3.69. The van der Waals surface area contributed by atoms with Crippen LogP contribution in [-0.4, -0.2) is 17.6 Å². The number of phenols is 1. The summed E-state index contributed by atoms with van der Waals surface area (Å²) < 4.78 is 11.1. The molecular weight excluding hydrogens is 354 g/mol. The average Bonchev–Trinajstić information content (AvgIpc) is 3.26. The molecule has 2 N–H and O–H groups in total. The van der Waals surface area contributed by atoms with Gasteiger partial charge in [0.25, 0.3) is 5.91 Å². The fraction of sp³-hybridized carbons (Fsp3) is 0.0870. The molecule has 28 heavy (non-hydrogen) atoms. The smallest absolute Gasteiger partial charge is 0.258 e. The third-order valence-electron chi connectivity index (χ3n) is 4.48. The van der Waals surface area contributed by atoms with Gasteiger partial charge in [0.05, 0.1) is 6.26 Å². The molecule has 140 valence electrons. The third-order valence-corrected chi connectivity index (χ3v) is 4.48. The summed E-state index contributed by atoms with van der Waals surface area (Å²) in [6.45, 7) is -0.146. The molecule has 5 heteroatoms. The molecule has 5 nitrogen and oxygen atoms in total. The molecule has 1 atom stereocenters. The zero-order valence-electron chi connectivity index (χ0n) is 15.0. The van der Waals surface area contributed by atoms with E-state index in [2.05, 4.69) is 5.32 Å². The van der Waals surface area contributed by atoms with Crippen LogP contribution >= 0.6 is 0 Å². The van der Waals surface area contributed by atoms with Crippen molar-refractivity contribution < 1.29 is 19.1 Å². The number of furan rings is 1. The van der Waals surface area contributed by atoms with E-state index in [1.165, 1.54) is 6.26 Å². The highest BCUT2D eigenvalue weighted by molar-refractivity contribution is 5.89. The highest BCUT2D eigenvalue weighted by Crippen LogP contribution is 2.35. The van der Waals surface area contributed by atoms with E-state index >= 15 is 0 Å². The van der Waals surface area contributed by atoms with Crippen LogP contribution in [0, 0.1) is 0 Å². The van der Waals surface area contributed by atoms with Crippen LogP contribution in [0.2, 0.25) is 0 Å². The average molecular weight is 373 g/mol. The van der Waals surface area contributed by atoms with Crippen LogP contribution in [0.4, 0.5) is 0 Å². The van der Waals surface area contributed by atoms with Crippen molar-refractivity contribution in [3.05, 3.63) is 96.4 Å². The normalized spacial score (nSPS) is 11.9. The number of ether oxygens (including phenoxy) is 1. The minimum atomic E-state index is -0.645. The Bertz CT molecular complexity index is 1070. The van der Waals surface area contributed by atoms with Crippen molar-refractivity contribution in [3.63, 3.8) is 0 Å². The second-order valence-electron chi connectivity index (χ2n) is 6.34. The first-order valence-corrected chi connectivity index (χ1v) is 8.93. The van der Waals surface area contributed by atoms with E-state index in [0.717, 1.165) is 10.8 Å². The first-order valence-electron chi connectivity index (χ1n) is 8.93. The Kier molecular flexibility index (Phi) is 4.97. The molecule has 0 unspecified atom stereocenters. The molecule has 3 aromatic carbocycles. The molecule has 4 rings (SSSR count). The zero-order chi connectivity index (χ0) is 19.3. The van der Waals surface area contributed by atoms with E-state index < -0.39 is 6.04 Å². The number of carbonyl (C=O) groups is 1. The van der Waals surface area contributed by atoms with Gasteiger partial charge in [-0.3, -0.25) is 4.79 Å². The van der Waals surface area contributed by atoms with Crippen molar-refractivity contribution in [2.75, 3.05) is 6.61 Å². The van der Waals surface area contributed by atoms with E-state index in [4.69, 9.17) is 9.15 Å². The molecule has 0 fully saturated rings. The van der Waals surface area contributed by atoms with Gasteiger partial charge in [-0.1, -0.05) is 48.5 Å². The van der Waals surface area contributed by atoms with Crippen molar-refractivity contribution in [1.82, 2.24) is 5.32 Å². The van der Waals surface area contributed by atoms with Gasteiger partial charge in [-0.05, 0) is 41.1 Å². The summed E-state index contributed by atoms with van der Waals surface area (Å²) in [6, 6.07) is 23.2. The molecule has 1 aromatic heterocycles. The first kappa shape index (κ1) is 17.7. The minimum absolute atomic E-state index is 0.0874. The summed E-state index contributed by atoms with van der Waals surface area (Å²) in [7, 11) is 0. The van der Waals surface area contributed by atoms with Crippen molar-refractivity contribution in [1.29, 1.82) is 0 Å². The van der Waals surface area contributed by atoms with Crippen LogP contribution in [0.25, 0.3) is 10.8 Å². The summed E-state index contributed by atoms with van der Waals surface area (Å²) in [6.07, 6.45) is 1.54. The Balaban J connectivity index is 1.64. The predicted molar refractivity (Wildman–Crippen MR) is 106 cm³/mol. The Hall–Kier alpha value is -3.73. The summed E-state index contributed by atoms with van der Waals surface area (Å²) in [5.41, 5.74) is 0.584. The highest BCUT2D eigenvalue weighted by atomic mass is 16.5. The molecular formula is C23H19NO4. The van der Waals surface area contributed by atoms with E-state index in [9.17, 15) is 9.90 Å². The first-order chi connectivity index (χ1) is 13.7. The largest absolute Gasteiger partial charge is 0.508 e. The topological polar surface area (TPSA) is 71.7 Å². The fourth-order valence-corrected chi connectivity index (χ4v) is 3.20. The van der Waals surface area contributed by atoms with Crippen molar-refractivity contribution in [3.8, 4) is 11.5 Å². The van der Waals surface area contributed by atoms with Crippen molar-refractivity contribution in [2.24, 2.45) is 0 Å². The van der Waals surface area contributed by atoms with Gasteiger partial charge in [-0.15, -0.1) is 0 Å². The summed E-state index contributed by atoms with van der Waals surface area (Å²) in [5.74, 6) is 0.905. The highest BCUT2D eigenvalue weighted by Gasteiger charge is 2.24. The van der Waals surface area contributed by atoms with Crippen LogP contribution in [-0.2, 0) is 4.79 Å². The molecule has 0 spiro atoms. The number of hydrogen-bond donors (Lipinski definition) is 2. The van der Waals surface area contributed by atoms with Crippen LogP contribution in [0.1, 0.15) is 17.4 Å². The van der Waals surface area contributed by atoms with E-state index in [1.54, 1.807) is 30.3 Å². The Labute approximate surface area is 162 Å². The van der Waals surface area contributed by atoms with E-state index in [-0.39, 0.29) is 18.3 Å². The number of amides is 1. The van der Waals surface area contributed by atoms with E-state index in [0.29, 0.717) is 17.1 Å². The monoisotopic (exact) mass is 373 g/mol. The Morgan fingerprint density at radius 2 is 1.75 bits per heavy atom. The lowest BCUT2D eigenvalue weighted by molar-refractivity contribution is -0.123. The number of carbonyl (C=O) groups excluding carboxylic acids is 1. The lowest BCUT2D eigenvalue weighted by Crippen LogP contribution is -2.33. The standard InChI is InChI=1S/C23H19NO4/c25-19-13-12-16-7-4-5-10-18(16)22(19)23(20-11-6-14-27-20)24-21(26)15-28-17-8-2-1-3-9-17/h1-14,23,25H,15H2,(H,24,26)/t23-/m1/s1. The number of fused-ring (bicyclic) bond motifs is 1. The molecule has 0 aliphatic rings. The SMILES string of the molecule is O=C(COc1ccccc1)N[C@H](c1ccco1)c1c(O)ccc2ccccc12. The number of para-hydroxylation sites is 1. The summed E-state index contributed by atoms with van der Waals surface area (Å²) in [4.78, 5) is 12.6. The maximum absolute atomic E-state index is 12.6. The van der Waals surface area contributed by atoms with Gasteiger partial charge in [0, 0.05) is 5.56 Å². The second-order valence-corrected chi connectivity index (χ2v) is 6.34. The molecule has 1 amide bonds. The van der Waals surface area contributed by atoms with Gasteiger partial charge >= 0.3 is 0 Å². The van der Waals surface area contributed by atoms with Crippen LogP contribution in [0.3, 0.4) is 0 Å². The van der Waals surface area contributed by atoms with Crippen LogP contribution in [0.5, 0.6) is 11.5 Å². The molecule has 1 heterocycles. The van der Waals surface area contributed by atoms with Gasteiger partial charge in [0.15, 0.2) is 6.61 Å². The molecule has 0 aliphatic heterocycles. The molecule has 0 bridgehead atoms. The number of benzene rings is 3. The van der Waals surface area contributed by atoms with Crippen molar-refractivity contribution >= 4 is 16.7 Å². The van der Waals surface area contributed by atoms with Gasteiger partial charge in [-0.25, -0.2) is 0 Å². The molecule has 0 aliphatic carbocycles. The van der Waals surface area contributed by atoms with Crippen molar-refractivity contribution in [2.45, 2.75) is 6.04 Å². The minimum Gasteiger partial charge on any atom is -0.508 e. The number of rotatable bonds is 6. The van der Waals surface area contributed by atoms with Gasteiger partial charge in [0.2, 0.25) is 0 Å². The maximum atomic E-state index is 12.6. The second kappa shape index (κ2) is 7.88. The zero-order valence-corrected chi connectivity index (χ0v) is 15.0. The predicted octanol–water partition coefficient (Wildman–Crippen LogP) is 4.42.